The number of halogens is 2. The molecule has 3 N–H and O–H groups in total. The number of fused-ring (bicyclic) bond motifs is 1. The Morgan fingerprint density at radius 2 is 1.85 bits per heavy atom. The third kappa shape index (κ3) is 2.61. The van der Waals surface area contributed by atoms with E-state index < -0.39 is 6.23 Å². The zero-order valence-corrected chi connectivity index (χ0v) is 11.9. The Hall–Kier alpha value is -1.68. The molecule has 0 spiro atoms. The lowest BCUT2D eigenvalue weighted by Crippen LogP contribution is -2.09. The molecule has 1 heterocycles. The van der Waals surface area contributed by atoms with E-state index in [1.165, 1.54) is 0 Å². The molecule has 5 heteroatoms. The summed E-state index contributed by atoms with van der Waals surface area (Å²) in [6.07, 6.45) is 1.05. The normalized spacial score (nSPS) is 12.6. The molecule has 0 saturated heterocycles. The van der Waals surface area contributed by atoms with E-state index in [2.05, 4.69) is 10.3 Å². The Morgan fingerprint density at radius 3 is 2.65 bits per heavy atom. The molecular weight excluding hydrogens is 295 g/mol. The number of H-pyrrole nitrogens is 1. The first-order chi connectivity index (χ1) is 9.63. The fraction of sp³-hybridized carbons (Fsp3) is 0.0667. The second kappa shape index (κ2) is 5.37. The van der Waals surface area contributed by atoms with Gasteiger partial charge in [0.25, 0.3) is 0 Å². The number of hydrogen-bond acceptors (Lipinski definition) is 2. The Bertz CT molecular complexity index is 754. The fourth-order valence-corrected chi connectivity index (χ4v) is 2.37. The summed E-state index contributed by atoms with van der Waals surface area (Å²) in [4.78, 5) is 3.11. The van der Waals surface area contributed by atoms with Crippen LogP contribution in [-0.2, 0) is 0 Å². The van der Waals surface area contributed by atoms with E-state index >= 15 is 0 Å². The average Bonchev–Trinajstić information content (AvgIpc) is 2.90. The van der Waals surface area contributed by atoms with Crippen molar-refractivity contribution in [3.8, 4) is 0 Å². The van der Waals surface area contributed by atoms with Gasteiger partial charge in [-0.2, -0.15) is 0 Å². The molecule has 0 saturated carbocycles. The van der Waals surface area contributed by atoms with Gasteiger partial charge < -0.3 is 15.4 Å². The first-order valence-corrected chi connectivity index (χ1v) is 6.86. The minimum absolute atomic E-state index is 0.449. The standard InChI is InChI=1S/C15H12Cl2N2O/c16-12-3-2-11(8-13(12)17)19-15(20)10-1-4-14-9(7-10)5-6-18-14/h1-8,15,18-20H. The second-order valence-corrected chi connectivity index (χ2v) is 5.31. The zero-order valence-electron chi connectivity index (χ0n) is 10.4. The minimum atomic E-state index is -0.813. The molecule has 0 bridgehead atoms. The molecule has 1 aromatic heterocycles. The molecule has 0 aliphatic carbocycles. The van der Waals surface area contributed by atoms with E-state index in [-0.39, 0.29) is 0 Å². The number of benzene rings is 2. The van der Waals surface area contributed by atoms with Crippen LogP contribution in [-0.4, -0.2) is 10.1 Å². The summed E-state index contributed by atoms with van der Waals surface area (Å²) >= 11 is 11.8. The molecule has 102 valence electrons. The molecule has 3 rings (SSSR count). The van der Waals surface area contributed by atoms with Crippen molar-refractivity contribution in [2.45, 2.75) is 6.23 Å². The van der Waals surface area contributed by atoms with Gasteiger partial charge in [-0.05, 0) is 41.8 Å². The summed E-state index contributed by atoms with van der Waals surface area (Å²) in [5.41, 5.74) is 2.53. The minimum Gasteiger partial charge on any atom is -0.369 e. The molecule has 1 atom stereocenters. The van der Waals surface area contributed by atoms with Gasteiger partial charge in [-0.3, -0.25) is 0 Å². The van der Waals surface area contributed by atoms with Gasteiger partial charge >= 0.3 is 0 Å². The lowest BCUT2D eigenvalue weighted by Gasteiger charge is -2.15. The molecular formula is C15H12Cl2N2O. The molecule has 0 fully saturated rings. The molecule has 0 aliphatic heterocycles. The first kappa shape index (κ1) is 13.3. The summed E-state index contributed by atoms with van der Waals surface area (Å²) in [6.45, 7) is 0. The Kier molecular flexibility index (Phi) is 3.57. The molecule has 2 aromatic carbocycles. The first-order valence-electron chi connectivity index (χ1n) is 6.10. The summed E-state index contributed by atoms with van der Waals surface area (Å²) in [5, 5.41) is 15.2. The topological polar surface area (TPSA) is 48.0 Å². The van der Waals surface area contributed by atoms with Crippen molar-refractivity contribution in [1.29, 1.82) is 0 Å². The van der Waals surface area contributed by atoms with Crippen LogP contribution in [0.3, 0.4) is 0 Å². The monoisotopic (exact) mass is 306 g/mol. The highest BCUT2D eigenvalue weighted by Crippen LogP contribution is 2.27. The lowest BCUT2D eigenvalue weighted by molar-refractivity contribution is 0.208. The van der Waals surface area contributed by atoms with Gasteiger partial charge in [0.15, 0.2) is 6.23 Å². The Morgan fingerprint density at radius 1 is 1.00 bits per heavy atom. The molecule has 3 nitrogen and oxygen atoms in total. The van der Waals surface area contributed by atoms with E-state index in [9.17, 15) is 5.11 Å². The van der Waals surface area contributed by atoms with E-state index in [0.717, 1.165) is 16.5 Å². The maximum Gasteiger partial charge on any atom is 0.150 e. The van der Waals surface area contributed by atoms with Crippen molar-refractivity contribution in [2.75, 3.05) is 5.32 Å². The third-order valence-corrected chi connectivity index (χ3v) is 3.86. The van der Waals surface area contributed by atoms with Crippen molar-refractivity contribution in [2.24, 2.45) is 0 Å². The van der Waals surface area contributed by atoms with Gasteiger partial charge in [0.2, 0.25) is 0 Å². The van der Waals surface area contributed by atoms with Crippen LogP contribution in [0, 0.1) is 0 Å². The van der Waals surface area contributed by atoms with Crippen molar-refractivity contribution in [1.82, 2.24) is 4.98 Å². The van der Waals surface area contributed by atoms with Crippen molar-refractivity contribution in [3.05, 3.63) is 64.3 Å². The fourth-order valence-electron chi connectivity index (χ4n) is 2.07. The van der Waals surface area contributed by atoms with Crippen molar-refractivity contribution in [3.63, 3.8) is 0 Å². The van der Waals surface area contributed by atoms with Gasteiger partial charge in [-0.1, -0.05) is 29.3 Å². The Labute approximate surface area is 126 Å². The summed E-state index contributed by atoms with van der Waals surface area (Å²) in [5.74, 6) is 0. The van der Waals surface area contributed by atoms with E-state index in [0.29, 0.717) is 15.7 Å². The number of hydrogen-bond donors (Lipinski definition) is 3. The van der Waals surface area contributed by atoms with Crippen molar-refractivity contribution < 1.29 is 5.11 Å². The van der Waals surface area contributed by atoms with E-state index in [1.807, 2.05) is 30.5 Å². The lowest BCUT2D eigenvalue weighted by atomic mass is 10.1. The maximum absolute atomic E-state index is 10.2. The summed E-state index contributed by atoms with van der Waals surface area (Å²) in [6, 6.07) is 12.8. The quantitative estimate of drug-likeness (QED) is 0.620. The average molecular weight is 307 g/mol. The predicted molar refractivity (Wildman–Crippen MR) is 83.3 cm³/mol. The smallest absolute Gasteiger partial charge is 0.150 e. The molecule has 20 heavy (non-hydrogen) atoms. The summed E-state index contributed by atoms with van der Waals surface area (Å²) < 4.78 is 0. The van der Waals surface area contributed by atoms with Gasteiger partial charge in [0.1, 0.15) is 0 Å². The highest BCUT2D eigenvalue weighted by molar-refractivity contribution is 6.42. The molecule has 0 amide bonds. The SMILES string of the molecule is OC(Nc1ccc(Cl)c(Cl)c1)c1ccc2[nH]ccc2c1. The molecule has 1 unspecified atom stereocenters. The van der Waals surface area contributed by atoms with E-state index in [1.54, 1.807) is 18.2 Å². The number of nitrogens with one attached hydrogen (secondary N) is 2. The van der Waals surface area contributed by atoms with Crippen LogP contribution in [0.2, 0.25) is 10.0 Å². The number of anilines is 1. The number of aromatic nitrogens is 1. The summed E-state index contributed by atoms with van der Waals surface area (Å²) in [7, 11) is 0. The zero-order chi connectivity index (χ0) is 14.1. The highest BCUT2D eigenvalue weighted by atomic mass is 35.5. The molecule has 0 radical (unpaired) electrons. The van der Waals surface area contributed by atoms with Crippen LogP contribution < -0.4 is 5.32 Å². The third-order valence-electron chi connectivity index (χ3n) is 3.12. The number of rotatable bonds is 3. The van der Waals surface area contributed by atoms with E-state index in [4.69, 9.17) is 23.2 Å². The highest BCUT2D eigenvalue weighted by Gasteiger charge is 2.09. The van der Waals surface area contributed by atoms with Gasteiger partial charge in [0, 0.05) is 23.0 Å². The molecule has 3 aromatic rings. The van der Waals surface area contributed by atoms with Crippen LogP contribution in [0.5, 0.6) is 0 Å². The number of aromatic amines is 1. The van der Waals surface area contributed by atoms with Gasteiger partial charge in [0.05, 0.1) is 10.0 Å². The van der Waals surface area contributed by atoms with Crippen LogP contribution in [0.15, 0.2) is 48.7 Å². The van der Waals surface area contributed by atoms with Gasteiger partial charge in [-0.15, -0.1) is 0 Å². The van der Waals surface area contributed by atoms with Crippen molar-refractivity contribution >= 4 is 39.8 Å². The molecule has 0 aliphatic rings. The second-order valence-electron chi connectivity index (χ2n) is 4.50. The number of aliphatic hydroxyl groups is 1. The van der Waals surface area contributed by atoms with Crippen LogP contribution >= 0.6 is 23.2 Å². The van der Waals surface area contributed by atoms with Crippen LogP contribution in [0.1, 0.15) is 11.8 Å². The van der Waals surface area contributed by atoms with Crippen LogP contribution in [0.25, 0.3) is 10.9 Å². The van der Waals surface area contributed by atoms with Crippen LogP contribution in [0.4, 0.5) is 5.69 Å². The predicted octanol–water partition coefficient (Wildman–Crippen LogP) is 4.58. The largest absolute Gasteiger partial charge is 0.369 e. The van der Waals surface area contributed by atoms with Gasteiger partial charge in [-0.25, -0.2) is 0 Å². The Balaban J connectivity index is 1.84. The maximum atomic E-state index is 10.2. The number of aliphatic hydroxyl groups excluding tert-OH is 1.